The number of benzene rings is 3. The molecule has 174 valence electrons. The van der Waals surface area contributed by atoms with Gasteiger partial charge >= 0.3 is 0 Å². The summed E-state index contributed by atoms with van der Waals surface area (Å²) in [6, 6.07) is 20.0. The molecule has 0 fully saturated rings. The Morgan fingerprint density at radius 2 is 1.71 bits per heavy atom. The minimum Gasteiger partial charge on any atom is -0.454 e. The number of amides is 1. The second kappa shape index (κ2) is 7.99. The van der Waals surface area contributed by atoms with E-state index in [1.165, 1.54) is 4.90 Å². The molecule has 0 bridgehead atoms. The van der Waals surface area contributed by atoms with Crippen molar-refractivity contribution in [2.45, 2.75) is 44.8 Å². The third-order valence-corrected chi connectivity index (χ3v) is 6.51. The first-order valence-corrected chi connectivity index (χ1v) is 11.3. The highest BCUT2D eigenvalue weighted by Crippen LogP contribution is 2.44. The number of rotatable bonds is 5. The Labute approximate surface area is 198 Å². The smallest absolute Gasteiger partial charge is 0.264 e. The fourth-order valence-electron chi connectivity index (χ4n) is 4.55. The summed E-state index contributed by atoms with van der Waals surface area (Å²) in [7, 11) is 0. The van der Waals surface area contributed by atoms with E-state index in [0.29, 0.717) is 28.3 Å². The zero-order chi connectivity index (χ0) is 24.1. The number of aliphatic hydroxyl groups is 1. The van der Waals surface area contributed by atoms with Crippen LogP contribution in [0, 0.1) is 0 Å². The number of hydrogen-bond donors (Lipinski definition) is 1. The van der Waals surface area contributed by atoms with E-state index in [0.717, 1.165) is 11.1 Å². The zero-order valence-electron chi connectivity index (χ0n) is 19.5. The minimum atomic E-state index is -1.92. The van der Waals surface area contributed by atoms with Gasteiger partial charge in [-0.15, -0.1) is 0 Å². The van der Waals surface area contributed by atoms with Gasteiger partial charge in [-0.05, 0) is 34.7 Å². The van der Waals surface area contributed by atoms with Crippen molar-refractivity contribution in [3.05, 3.63) is 89.0 Å². The summed E-state index contributed by atoms with van der Waals surface area (Å²) in [6.45, 7) is 6.73. The number of ketones is 1. The number of nitrogens with zero attached hydrogens (tertiary/aromatic N) is 1. The third-order valence-electron chi connectivity index (χ3n) is 6.51. The van der Waals surface area contributed by atoms with Crippen LogP contribution >= 0.6 is 0 Å². The van der Waals surface area contributed by atoms with Gasteiger partial charge in [-0.1, -0.05) is 69.3 Å². The second-order valence-electron chi connectivity index (χ2n) is 9.88. The van der Waals surface area contributed by atoms with Crippen molar-refractivity contribution in [1.29, 1.82) is 0 Å². The summed E-state index contributed by atoms with van der Waals surface area (Å²) >= 11 is 0. The standard InChI is InChI=1S/C28H27NO5/c1-27(2,3)20-11-9-19(10-12-20)23(30)15-28(32)21-6-4-5-7-22(21)29(26(28)31)16-18-8-13-24-25(14-18)34-17-33-24/h4-14,32H,15-17H2,1-3H3. The highest BCUT2D eigenvalue weighted by molar-refractivity contribution is 6.10. The van der Waals surface area contributed by atoms with E-state index in [1.54, 1.807) is 36.4 Å². The lowest BCUT2D eigenvalue weighted by Gasteiger charge is -2.23. The number of Topliss-reactive ketones (excluding diaryl/α,β-unsaturated/α-hetero) is 1. The van der Waals surface area contributed by atoms with Crippen molar-refractivity contribution in [3.8, 4) is 11.5 Å². The number of anilines is 1. The quantitative estimate of drug-likeness (QED) is 0.561. The van der Waals surface area contributed by atoms with Gasteiger partial charge in [0.15, 0.2) is 22.9 Å². The van der Waals surface area contributed by atoms with Gasteiger partial charge < -0.3 is 19.5 Å². The molecule has 3 aromatic rings. The van der Waals surface area contributed by atoms with E-state index >= 15 is 0 Å². The molecular formula is C28H27NO5. The molecule has 1 unspecified atom stereocenters. The highest BCUT2D eigenvalue weighted by atomic mass is 16.7. The third kappa shape index (κ3) is 3.74. The van der Waals surface area contributed by atoms with Crippen LogP contribution < -0.4 is 14.4 Å². The Balaban J connectivity index is 1.42. The molecule has 34 heavy (non-hydrogen) atoms. The Hall–Kier alpha value is -3.64. The zero-order valence-corrected chi connectivity index (χ0v) is 19.5. The van der Waals surface area contributed by atoms with Crippen LogP contribution in [-0.4, -0.2) is 23.6 Å². The van der Waals surface area contributed by atoms with Gasteiger partial charge in [0.25, 0.3) is 5.91 Å². The summed E-state index contributed by atoms with van der Waals surface area (Å²) in [5, 5.41) is 11.6. The molecular weight excluding hydrogens is 430 g/mol. The number of carbonyl (C=O) groups excluding carboxylic acids is 2. The van der Waals surface area contributed by atoms with Crippen LogP contribution in [0.5, 0.6) is 11.5 Å². The molecule has 2 heterocycles. The predicted octanol–water partition coefficient (Wildman–Crippen LogP) is 4.72. The van der Waals surface area contributed by atoms with Gasteiger partial charge in [-0.2, -0.15) is 0 Å². The van der Waals surface area contributed by atoms with Gasteiger partial charge in [0.05, 0.1) is 18.7 Å². The molecule has 0 saturated carbocycles. The molecule has 1 amide bonds. The number of fused-ring (bicyclic) bond motifs is 2. The van der Waals surface area contributed by atoms with E-state index in [2.05, 4.69) is 20.8 Å². The molecule has 6 nitrogen and oxygen atoms in total. The lowest BCUT2D eigenvalue weighted by atomic mass is 9.85. The molecule has 0 saturated heterocycles. The van der Waals surface area contributed by atoms with Gasteiger partial charge in [-0.3, -0.25) is 9.59 Å². The van der Waals surface area contributed by atoms with Crippen LogP contribution in [-0.2, 0) is 22.4 Å². The van der Waals surface area contributed by atoms with Gasteiger partial charge in [0.2, 0.25) is 6.79 Å². The Kier molecular flexibility index (Phi) is 5.21. The first-order valence-electron chi connectivity index (χ1n) is 11.3. The molecule has 0 aliphatic carbocycles. The first kappa shape index (κ1) is 22.2. The molecule has 0 spiro atoms. The molecule has 2 aliphatic rings. The Morgan fingerprint density at radius 3 is 2.44 bits per heavy atom. The van der Waals surface area contributed by atoms with Gasteiger partial charge in [0, 0.05) is 11.1 Å². The fourth-order valence-corrected chi connectivity index (χ4v) is 4.55. The molecule has 2 aliphatic heterocycles. The van der Waals surface area contributed by atoms with Crippen LogP contribution in [0.25, 0.3) is 0 Å². The summed E-state index contributed by atoms with van der Waals surface area (Å²) < 4.78 is 10.8. The summed E-state index contributed by atoms with van der Waals surface area (Å²) in [6.07, 6.45) is -0.324. The maximum absolute atomic E-state index is 13.5. The normalized spacial score (nSPS) is 18.8. The average molecular weight is 458 g/mol. The fraction of sp³-hybridized carbons (Fsp3) is 0.286. The summed E-state index contributed by atoms with van der Waals surface area (Å²) in [5.41, 5.74) is 1.51. The van der Waals surface area contributed by atoms with Crippen molar-refractivity contribution < 1.29 is 24.2 Å². The average Bonchev–Trinajstić information content (AvgIpc) is 3.36. The van der Waals surface area contributed by atoms with Crippen LogP contribution in [0.1, 0.15) is 54.2 Å². The molecule has 6 heteroatoms. The number of para-hydroxylation sites is 1. The monoisotopic (exact) mass is 457 g/mol. The lowest BCUT2D eigenvalue weighted by molar-refractivity contribution is -0.136. The van der Waals surface area contributed by atoms with E-state index in [9.17, 15) is 14.7 Å². The van der Waals surface area contributed by atoms with Gasteiger partial charge in [0.1, 0.15) is 0 Å². The van der Waals surface area contributed by atoms with Crippen molar-refractivity contribution in [3.63, 3.8) is 0 Å². The highest BCUT2D eigenvalue weighted by Gasteiger charge is 2.50. The van der Waals surface area contributed by atoms with E-state index in [4.69, 9.17) is 9.47 Å². The number of hydrogen-bond acceptors (Lipinski definition) is 5. The van der Waals surface area contributed by atoms with Crippen molar-refractivity contribution in [2.75, 3.05) is 11.7 Å². The first-order chi connectivity index (χ1) is 16.2. The van der Waals surface area contributed by atoms with Crippen LogP contribution in [0.2, 0.25) is 0 Å². The van der Waals surface area contributed by atoms with E-state index in [1.807, 2.05) is 30.3 Å². The molecule has 5 rings (SSSR count). The molecule has 1 N–H and O–H groups in total. The van der Waals surface area contributed by atoms with Crippen molar-refractivity contribution in [2.24, 2.45) is 0 Å². The maximum Gasteiger partial charge on any atom is 0.264 e. The maximum atomic E-state index is 13.5. The van der Waals surface area contributed by atoms with Crippen LogP contribution in [0.4, 0.5) is 5.69 Å². The molecule has 0 aromatic heterocycles. The molecule has 1 atom stereocenters. The Morgan fingerprint density at radius 1 is 1.00 bits per heavy atom. The summed E-state index contributed by atoms with van der Waals surface area (Å²) in [4.78, 5) is 28.2. The van der Waals surface area contributed by atoms with E-state index < -0.39 is 11.5 Å². The van der Waals surface area contributed by atoms with Gasteiger partial charge in [-0.25, -0.2) is 0 Å². The SMILES string of the molecule is CC(C)(C)c1ccc(C(=O)CC2(O)C(=O)N(Cc3ccc4c(c3)OCO4)c3ccccc32)cc1. The van der Waals surface area contributed by atoms with E-state index in [-0.39, 0.29) is 31.0 Å². The largest absolute Gasteiger partial charge is 0.454 e. The predicted molar refractivity (Wildman–Crippen MR) is 128 cm³/mol. The minimum absolute atomic E-state index is 0.0324. The van der Waals surface area contributed by atoms with Crippen LogP contribution in [0.3, 0.4) is 0 Å². The Bertz CT molecular complexity index is 1270. The van der Waals surface area contributed by atoms with Crippen molar-refractivity contribution in [1.82, 2.24) is 0 Å². The van der Waals surface area contributed by atoms with Crippen LogP contribution in [0.15, 0.2) is 66.7 Å². The lowest BCUT2D eigenvalue weighted by Crippen LogP contribution is -2.41. The molecule has 3 aromatic carbocycles. The number of ether oxygens (including phenoxy) is 2. The summed E-state index contributed by atoms with van der Waals surface area (Å²) in [5.74, 6) is 0.500. The number of carbonyl (C=O) groups is 2. The topological polar surface area (TPSA) is 76.1 Å². The molecule has 0 radical (unpaired) electrons. The van der Waals surface area contributed by atoms with Crippen molar-refractivity contribution >= 4 is 17.4 Å². The second-order valence-corrected chi connectivity index (χ2v) is 9.88.